The molecule has 1 amide bonds. The summed E-state index contributed by atoms with van der Waals surface area (Å²) in [5, 5.41) is 16.1. The highest BCUT2D eigenvalue weighted by atomic mass is 16.6. The van der Waals surface area contributed by atoms with Crippen LogP contribution < -0.4 is 16.4 Å². The van der Waals surface area contributed by atoms with Gasteiger partial charge in [-0.25, -0.2) is 0 Å². The maximum atomic E-state index is 12.1. The van der Waals surface area contributed by atoms with Crippen molar-refractivity contribution < 1.29 is 19.2 Å². The maximum Gasteiger partial charge on any atom is 0.325 e. The number of nitrogens with zero attached hydrogens (tertiary/aromatic N) is 4. The van der Waals surface area contributed by atoms with E-state index in [9.17, 15) is 19.7 Å². The number of ether oxygens (including phenoxy) is 1. The molecule has 31 heavy (non-hydrogen) atoms. The number of anilines is 3. The number of hydrogen-bond acceptors (Lipinski definition) is 10. The minimum absolute atomic E-state index is 0.0452. The summed E-state index contributed by atoms with van der Waals surface area (Å²) in [4.78, 5) is 46.1. The Morgan fingerprint density at radius 1 is 1.06 bits per heavy atom. The van der Waals surface area contributed by atoms with Crippen molar-refractivity contribution in [3.8, 4) is 0 Å². The number of benzene rings is 2. The topological polar surface area (TPSA) is 175 Å². The first-order valence-corrected chi connectivity index (χ1v) is 8.91. The first kappa shape index (κ1) is 21.1. The van der Waals surface area contributed by atoms with E-state index in [4.69, 9.17) is 10.5 Å². The molecule has 158 valence electrons. The van der Waals surface area contributed by atoms with Gasteiger partial charge >= 0.3 is 5.97 Å². The lowest BCUT2D eigenvalue weighted by atomic mass is 10.2. The molecule has 4 N–H and O–H groups in total. The van der Waals surface area contributed by atoms with Gasteiger partial charge in [0.1, 0.15) is 6.54 Å². The van der Waals surface area contributed by atoms with Crippen molar-refractivity contribution in [2.24, 2.45) is 0 Å². The third kappa shape index (κ3) is 6.19. The SMILES string of the molecule is Nc1nc(COC(=O)CNC(=O)c2cccc([N+](=O)[O-])c2)nc(Nc2ccccc2)n1. The summed E-state index contributed by atoms with van der Waals surface area (Å²) in [7, 11) is 0. The number of esters is 1. The third-order valence-electron chi connectivity index (χ3n) is 3.80. The molecule has 12 heteroatoms. The summed E-state index contributed by atoms with van der Waals surface area (Å²) in [6.07, 6.45) is 0. The Balaban J connectivity index is 1.53. The molecule has 3 rings (SSSR count). The number of para-hydroxylation sites is 1. The first-order valence-electron chi connectivity index (χ1n) is 8.91. The number of nitrogen functional groups attached to an aromatic ring is 1. The molecule has 2 aromatic carbocycles. The average molecular weight is 423 g/mol. The van der Waals surface area contributed by atoms with Crippen molar-refractivity contribution in [2.45, 2.75) is 6.61 Å². The number of nitro benzene ring substituents is 1. The van der Waals surface area contributed by atoms with Crippen LogP contribution in [-0.4, -0.2) is 38.3 Å². The van der Waals surface area contributed by atoms with Crippen molar-refractivity contribution >= 4 is 35.1 Å². The molecule has 0 bridgehead atoms. The first-order chi connectivity index (χ1) is 14.9. The smallest absolute Gasteiger partial charge is 0.325 e. The Morgan fingerprint density at radius 3 is 2.58 bits per heavy atom. The standard InChI is InChI=1S/C19H17N7O5/c20-18-23-15(24-19(25-18)22-13-6-2-1-3-7-13)11-31-16(27)10-21-17(28)12-5-4-8-14(9-12)26(29)30/h1-9H,10-11H2,(H,21,28)(H3,20,22,23,24,25). The van der Waals surface area contributed by atoms with Crippen molar-refractivity contribution in [3.05, 3.63) is 76.1 Å². The van der Waals surface area contributed by atoms with Crippen LogP contribution in [0.15, 0.2) is 54.6 Å². The lowest BCUT2D eigenvalue weighted by Crippen LogP contribution is -2.30. The van der Waals surface area contributed by atoms with Gasteiger partial charge in [0.25, 0.3) is 11.6 Å². The molecule has 0 aliphatic rings. The Labute approximate surface area is 175 Å². The van der Waals surface area contributed by atoms with Crippen LogP contribution in [0.4, 0.5) is 23.3 Å². The molecule has 0 radical (unpaired) electrons. The largest absolute Gasteiger partial charge is 0.456 e. The summed E-state index contributed by atoms with van der Waals surface area (Å²) in [5.41, 5.74) is 6.22. The van der Waals surface area contributed by atoms with Crippen LogP contribution in [0.25, 0.3) is 0 Å². The van der Waals surface area contributed by atoms with Gasteiger partial charge in [0, 0.05) is 23.4 Å². The number of amides is 1. The number of carbonyl (C=O) groups is 2. The van der Waals surface area contributed by atoms with Crippen LogP contribution >= 0.6 is 0 Å². The molecule has 0 atom stereocenters. The molecule has 0 saturated carbocycles. The van der Waals surface area contributed by atoms with Crippen molar-refractivity contribution in [3.63, 3.8) is 0 Å². The van der Waals surface area contributed by atoms with Crippen molar-refractivity contribution in [1.29, 1.82) is 0 Å². The predicted molar refractivity (Wildman–Crippen MR) is 109 cm³/mol. The zero-order valence-corrected chi connectivity index (χ0v) is 16.0. The minimum atomic E-state index is -0.754. The number of nitrogens with two attached hydrogens (primary N) is 1. The summed E-state index contributed by atoms with van der Waals surface area (Å²) in [6, 6.07) is 14.3. The molecule has 1 aromatic heterocycles. The monoisotopic (exact) mass is 423 g/mol. The Bertz CT molecular complexity index is 1110. The molecule has 12 nitrogen and oxygen atoms in total. The van der Waals surface area contributed by atoms with Gasteiger partial charge in [-0.05, 0) is 18.2 Å². The van der Waals surface area contributed by atoms with E-state index >= 15 is 0 Å². The highest BCUT2D eigenvalue weighted by molar-refractivity contribution is 5.96. The fraction of sp³-hybridized carbons (Fsp3) is 0.105. The van der Waals surface area contributed by atoms with Crippen molar-refractivity contribution in [2.75, 3.05) is 17.6 Å². The van der Waals surface area contributed by atoms with E-state index in [1.807, 2.05) is 30.3 Å². The molecular formula is C19H17N7O5. The highest BCUT2D eigenvalue weighted by Gasteiger charge is 2.14. The fourth-order valence-electron chi connectivity index (χ4n) is 2.42. The fourth-order valence-corrected chi connectivity index (χ4v) is 2.42. The quantitative estimate of drug-likeness (QED) is 0.274. The number of hydrogen-bond donors (Lipinski definition) is 3. The van der Waals surface area contributed by atoms with Crippen LogP contribution in [-0.2, 0) is 16.1 Å². The number of nitro groups is 1. The van der Waals surface area contributed by atoms with E-state index < -0.39 is 23.3 Å². The summed E-state index contributed by atoms with van der Waals surface area (Å²) in [6.45, 7) is -0.737. The van der Waals surface area contributed by atoms with Gasteiger partial charge in [-0.15, -0.1) is 0 Å². The third-order valence-corrected chi connectivity index (χ3v) is 3.80. The zero-order chi connectivity index (χ0) is 22.2. The Morgan fingerprint density at radius 2 is 1.84 bits per heavy atom. The Hall–Kier alpha value is -4.61. The van der Waals surface area contributed by atoms with Gasteiger partial charge < -0.3 is 21.1 Å². The van der Waals surface area contributed by atoms with E-state index in [1.54, 1.807) is 0 Å². The molecule has 0 aliphatic heterocycles. The normalized spacial score (nSPS) is 10.2. The van der Waals surface area contributed by atoms with E-state index in [0.29, 0.717) is 0 Å². The van der Waals surface area contributed by atoms with Crippen LogP contribution in [0.2, 0.25) is 0 Å². The number of rotatable bonds is 8. The second-order valence-corrected chi connectivity index (χ2v) is 6.08. The molecule has 0 saturated heterocycles. The minimum Gasteiger partial charge on any atom is -0.456 e. The second kappa shape index (κ2) is 9.73. The predicted octanol–water partition coefficient (Wildman–Crippen LogP) is 1.58. The molecule has 0 fully saturated rings. The molecule has 0 unspecified atom stereocenters. The number of non-ortho nitro benzene ring substituents is 1. The van der Waals surface area contributed by atoms with E-state index in [1.165, 1.54) is 18.2 Å². The number of nitrogens with one attached hydrogen (secondary N) is 2. The molecular weight excluding hydrogens is 406 g/mol. The Kier molecular flexibility index (Phi) is 6.63. The van der Waals surface area contributed by atoms with Crippen LogP contribution in [0.3, 0.4) is 0 Å². The van der Waals surface area contributed by atoms with Gasteiger partial charge in [-0.3, -0.25) is 19.7 Å². The van der Waals surface area contributed by atoms with Gasteiger partial charge in [0.15, 0.2) is 12.4 Å². The summed E-state index contributed by atoms with van der Waals surface area (Å²) >= 11 is 0. The van der Waals surface area contributed by atoms with Gasteiger partial charge in [-0.2, -0.15) is 15.0 Å². The van der Waals surface area contributed by atoms with E-state index in [-0.39, 0.29) is 35.6 Å². The lowest BCUT2D eigenvalue weighted by molar-refractivity contribution is -0.384. The number of carbonyl (C=O) groups excluding carboxylic acids is 2. The second-order valence-electron chi connectivity index (χ2n) is 6.08. The van der Waals surface area contributed by atoms with Gasteiger partial charge in [0.05, 0.1) is 4.92 Å². The molecule has 1 heterocycles. The van der Waals surface area contributed by atoms with Crippen LogP contribution in [0.1, 0.15) is 16.2 Å². The van der Waals surface area contributed by atoms with E-state index in [2.05, 4.69) is 25.6 Å². The molecule has 0 aliphatic carbocycles. The van der Waals surface area contributed by atoms with Crippen LogP contribution in [0.5, 0.6) is 0 Å². The maximum absolute atomic E-state index is 12.1. The van der Waals surface area contributed by atoms with Gasteiger partial charge in [-0.1, -0.05) is 24.3 Å². The summed E-state index contributed by atoms with van der Waals surface area (Å²) < 4.78 is 5.04. The number of aromatic nitrogens is 3. The van der Waals surface area contributed by atoms with Crippen LogP contribution in [0, 0.1) is 10.1 Å². The molecule has 3 aromatic rings. The zero-order valence-electron chi connectivity index (χ0n) is 16.0. The molecule has 0 spiro atoms. The lowest BCUT2D eigenvalue weighted by Gasteiger charge is -2.08. The van der Waals surface area contributed by atoms with Crippen molar-refractivity contribution in [1.82, 2.24) is 20.3 Å². The highest BCUT2D eigenvalue weighted by Crippen LogP contribution is 2.14. The van der Waals surface area contributed by atoms with E-state index in [0.717, 1.165) is 11.8 Å². The van der Waals surface area contributed by atoms with Gasteiger partial charge in [0.2, 0.25) is 11.9 Å². The average Bonchev–Trinajstić information content (AvgIpc) is 2.76. The summed E-state index contributed by atoms with van der Waals surface area (Å²) in [5.74, 6) is -1.17.